The van der Waals surface area contributed by atoms with Crippen LogP contribution in [0.5, 0.6) is 0 Å². The van der Waals surface area contributed by atoms with Gasteiger partial charge in [-0.25, -0.2) is 8.42 Å². The van der Waals surface area contributed by atoms with Crippen molar-refractivity contribution in [1.82, 2.24) is 5.32 Å². The molecule has 4 rings (SSSR count). The average molecular weight is 421 g/mol. The number of hydrogen-bond acceptors (Lipinski definition) is 3. The third-order valence-electron chi connectivity index (χ3n) is 5.48. The van der Waals surface area contributed by atoms with Crippen LogP contribution < -0.4 is 9.62 Å². The summed E-state index contributed by atoms with van der Waals surface area (Å²) in [5.74, 6) is -0.346. The molecule has 0 saturated carbocycles. The molecule has 0 spiro atoms. The molecule has 5 nitrogen and oxygen atoms in total. The Kier molecular flexibility index (Phi) is 5.12. The van der Waals surface area contributed by atoms with E-state index in [1.165, 1.54) is 4.31 Å². The molecular formula is C24H24N2O3S. The minimum atomic E-state index is -3.83. The predicted molar refractivity (Wildman–Crippen MR) is 119 cm³/mol. The third kappa shape index (κ3) is 3.48. The number of anilines is 1. The van der Waals surface area contributed by atoms with E-state index in [-0.39, 0.29) is 23.4 Å². The molecule has 0 aliphatic carbocycles. The maximum atomic E-state index is 13.3. The molecule has 1 unspecified atom stereocenters. The minimum absolute atomic E-state index is 0.221. The molecule has 0 saturated heterocycles. The van der Waals surface area contributed by atoms with Crippen molar-refractivity contribution in [2.75, 3.05) is 10.8 Å². The molecule has 3 aromatic rings. The summed E-state index contributed by atoms with van der Waals surface area (Å²) in [6, 6.07) is 20.0. The summed E-state index contributed by atoms with van der Waals surface area (Å²) in [7, 11) is -3.83. The minimum Gasteiger partial charge on any atom is -0.348 e. The molecule has 1 atom stereocenters. The highest BCUT2D eigenvalue weighted by molar-refractivity contribution is 7.93. The molecule has 1 N–H and O–H groups in total. The molecule has 6 heteroatoms. The lowest BCUT2D eigenvalue weighted by molar-refractivity contribution is -0.120. The molecule has 0 radical (unpaired) electrons. The van der Waals surface area contributed by atoms with Crippen molar-refractivity contribution in [2.24, 2.45) is 0 Å². The topological polar surface area (TPSA) is 66.5 Å². The van der Waals surface area contributed by atoms with Crippen LogP contribution in [0.3, 0.4) is 0 Å². The van der Waals surface area contributed by atoms with Crippen LogP contribution in [0.2, 0.25) is 0 Å². The van der Waals surface area contributed by atoms with Gasteiger partial charge in [0.15, 0.2) is 0 Å². The van der Waals surface area contributed by atoms with Gasteiger partial charge in [0.2, 0.25) is 5.91 Å². The van der Waals surface area contributed by atoms with Crippen LogP contribution in [-0.2, 0) is 14.8 Å². The molecule has 154 valence electrons. The third-order valence-corrected chi connectivity index (χ3v) is 7.30. The molecule has 0 aromatic heterocycles. The number of benzene rings is 3. The number of para-hydroxylation sites is 1. The van der Waals surface area contributed by atoms with E-state index in [0.29, 0.717) is 11.3 Å². The van der Waals surface area contributed by atoms with Crippen LogP contribution in [-0.4, -0.2) is 20.9 Å². The summed E-state index contributed by atoms with van der Waals surface area (Å²) in [5, 5.41) is 2.96. The zero-order chi connectivity index (χ0) is 21.5. The Balaban J connectivity index is 1.64. The number of fused-ring (bicyclic) bond motifs is 3. The molecule has 30 heavy (non-hydrogen) atoms. The Bertz CT molecular complexity index is 1230. The zero-order valence-corrected chi connectivity index (χ0v) is 18.0. The lowest BCUT2D eigenvalue weighted by Gasteiger charge is -2.32. The Labute approximate surface area is 177 Å². The van der Waals surface area contributed by atoms with Gasteiger partial charge in [-0.2, -0.15) is 0 Å². The van der Waals surface area contributed by atoms with Crippen LogP contribution in [0.4, 0.5) is 5.69 Å². The Hall–Kier alpha value is -3.12. The van der Waals surface area contributed by atoms with Crippen molar-refractivity contribution in [3.05, 3.63) is 83.4 Å². The molecule has 1 aliphatic rings. The van der Waals surface area contributed by atoms with E-state index in [2.05, 4.69) is 5.32 Å². The number of carbonyl (C=O) groups is 1. The van der Waals surface area contributed by atoms with Gasteiger partial charge in [0.1, 0.15) is 6.54 Å². The van der Waals surface area contributed by atoms with E-state index in [1.54, 1.807) is 30.3 Å². The van der Waals surface area contributed by atoms with Gasteiger partial charge >= 0.3 is 0 Å². The van der Waals surface area contributed by atoms with E-state index in [1.807, 2.05) is 57.2 Å². The fourth-order valence-corrected chi connectivity index (χ4v) is 5.62. The largest absolute Gasteiger partial charge is 0.348 e. The highest BCUT2D eigenvalue weighted by atomic mass is 32.2. The van der Waals surface area contributed by atoms with E-state index >= 15 is 0 Å². The zero-order valence-electron chi connectivity index (χ0n) is 17.2. The van der Waals surface area contributed by atoms with E-state index in [4.69, 9.17) is 0 Å². The SMILES string of the molecule is Cc1ccc(C)c(C(C)NC(=O)CN2c3ccccc3-c3ccccc3S2(=O)=O)c1. The number of nitrogens with zero attached hydrogens (tertiary/aromatic N) is 1. The first-order valence-electron chi connectivity index (χ1n) is 9.86. The second kappa shape index (κ2) is 7.61. The van der Waals surface area contributed by atoms with E-state index in [0.717, 1.165) is 22.3 Å². The first-order valence-corrected chi connectivity index (χ1v) is 11.3. The second-order valence-electron chi connectivity index (χ2n) is 7.67. The molecule has 3 aromatic carbocycles. The van der Waals surface area contributed by atoms with Crippen molar-refractivity contribution in [3.63, 3.8) is 0 Å². The molecular weight excluding hydrogens is 396 g/mol. The van der Waals surface area contributed by atoms with Crippen LogP contribution >= 0.6 is 0 Å². The number of aryl methyl sites for hydroxylation is 2. The summed E-state index contributed by atoms with van der Waals surface area (Å²) in [6.07, 6.45) is 0. The molecule has 1 heterocycles. The highest BCUT2D eigenvalue weighted by Gasteiger charge is 2.35. The summed E-state index contributed by atoms with van der Waals surface area (Å²) in [4.78, 5) is 13.1. The van der Waals surface area contributed by atoms with E-state index in [9.17, 15) is 13.2 Å². The first-order chi connectivity index (χ1) is 14.3. The molecule has 1 aliphatic heterocycles. The van der Waals surface area contributed by atoms with Gasteiger partial charge < -0.3 is 5.32 Å². The highest BCUT2D eigenvalue weighted by Crippen LogP contribution is 2.42. The number of nitrogens with one attached hydrogen (secondary N) is 1. The van der Waals surface area contributed by atoms with Gasteiger partial charge in [0.25, 0.3) is 10.0 Å². The van der Waals surface area contributed by atoms with Crippen LogP contribution in [0.25, 0.3) is 11.1 Å². The normalized spacial score (nSPS) is 15.1. The molecule has 0 fully saturated rings. The smallest absolute Gasteiger partial charge is 0.265 e. The Morgan fingerprint density at radius 1 is 0.967 bits per heavy atom. The Morgan fingerprint density at radius 3 is 2.40 bits per heavy atom. The molecule has 1 amide bonds. The van der Waals surface area contributed by atoms with Gasteiger partial charge in [-0.05, 0) is 44.0 Å². The standard InChI is InChI=1S/C24H24N2O3S/c1-16-12-13-17(2)21(14-16)18(3)25-24(27)15-26-22-10-6-4-8-19(22)20-9-5-7-11-23(20)30(26,28)29/h4-14,18H,15H2,1-3H3,(H,25,27). The fraction of sp³-hybridized carbons (Fsp3) is 0.208. The van der Waals surface area contributed by atoms with Gasteiger partial charge in [-0.3, -0.25) is 9.10 Å². The maximum absolute atomic E-state index is 13.3. The van der Waals surface area contributed by atoms with Crippen LogP contribution in [0.15, 0.2) is 71.6 Å². The van der Waals surface area contributed by atoms with Crippen molar-refractivity contribution >= 4 is 21.6 Å². The Morgan fingerprint density at radius 2 is 1.63 bits per heavy atom. The van der Waals surface area contributed by atoms with Crippen molar-refractivity contribution in [1.29, 1.82) is 0 Å². The predicted octanol–water partition coefficient (Wildman–Crippen LogP) is 4.36. The summed E-state index contributed by atoms with van der Waals surface area (Å²) in [6.45, 7) is 5.64. The van der Waals surface area contributed by atoms with Crippen LogP contribution in [0.1, 0.15) is 29.7 Å². The summed E-state index contributed by atoms with van der Waals surface area (Å²) < 4.78 is 27.8. The van der Waals surface area contributed by atoms with Crippen molar-refractivity contribution < 1.29 is 13.2 Å². The summed E-state index contributed by atoms with van der Waals surface area (Å²) >= 11 is 0. The van der Waals surface area contributed by atoms with E-state index < -0.39 is 10.0 Å². The fourth-order valence-electron chi connectivity index (χ4n) is 3.97. The maximum Gasteiger partial charge on any atom is 0.265 e. The van der Waals surface area contributed by atoms with Gasteiger partial charge in [0, 0.05) is 11.1 Å². The number of rotatable bonds is 4. The molecule has 0 bridgehead atoms. The first kappa shape index (κ1) is 20.2. The number of sulfonamides is 1. The quantitative estimate of drug-likeness (QED) is 0.682. The number of amides is 1. The number of carbonyl (C=O) groups excluding carboxylic acids is 1. The average Bonchev–Trinajstić information content (AvgIpc) is 2.73. The van der Waals surface area contributed by atoms with Crippen LogP contribution in [0, 0.1) is 13.8 Å². The second-order valence-corrected chi connectivity index (χ2v) is 9.50. The van der Waals surface area contributed by atoms with Gasteiger partial charge in [0.05, 0.1) is 16.6 Å². The van der Waals surface area contributed by atoms with Gasteiger partial charge in [-0.15, -0.1) is 0 Å². The van der Waals surface area contributed by atoms with Gasteiger partial charge in [-0.1, -0.05) is 60.2 Å². The lowest BCUT2D eigenvalue weighted by Crippen LogP contribution is -2.43. The lowest BCUT2D eigenvalue weighted by atomic mass is 10.00. The van der Waals surface area contributed by atoms with Crippen molar-refractivity contribution in [2.45, 2.75) is 31.7 Å². The monoisotopic (exact) mass is 420 g/mol. The van der Waals surface area contributed by atoms with Crippen molar-refractivity contribution in [3.8, 4) is 11.1 Å². The number of hydrogen-bond donors (Lipinski definition) is 1. The summed E-state index contributed by atoms with van der Waals surface area (Å²) in [5.41, 5.74) is 5.20.